The van der Waals surface area contributed by atoms with Gasteiger partial charge in [-0.2, -0.15) is 4.31 Å². The monoisotopic (exact) mass is 449 g/mol. The van der Waals surface area contributed by atoms with E-state index in [0.29, 0.717) is 31.2 Å². The standard InChI is InChI=1S/C22H28ClN3O3S/c1-17(2)22(18-7-4-3-5-8-18)24-21(27)16-25-11-13-26(14-12-25)30(28,29)20-10-6-9-19(23)15-20/h3-10,15,17,22H,11-14,16H2,1-2H3,(H,24,27). The fourth-order valence-electron chi connectivity index (χ4n) is 3.62. The van der Waals surface area contributed by atoms with E-state index in [-0.39, 0.29) is 29.3 Å². The number of piperazine rings is 1. The molecule has 0 saturated carbocycles. The number of carbonyl (C=O) groups is 1. The van der Waals surface area contributed by atoms with Crippen LogP contribution in [0.1, 0.15) is 25.5 Å². The quantitative estimate of drug-likeness (QED) is 0.704. The minimum absolute atomic E-state index is 0.0521. The predicted molar refractivity (Wildman–Crippen MR) is 119 cm³/mol. The Morgan fingerprint density at radius 2 is 1.70 bits per heavy atom. The van der Waals surface area contributed by atoms with Crippen molar-refractivity contribution in [2.24, 2.45) is 5.92 Å². The van der Waals surface area contributed by atoms with Crippen molar-refractivity contribution in [1.29, 1.82) is 0 Å². The Bertz CT molecular complexity index is 959. The molecular weight excluding hydrogens is 422 g/mol. The molecule has 30 heavy (non-hydrogen) atoms. The predicted octanol–water partition coefficient (Wildman–Crippen LogP) is 3.16. The molecule has 3 rings (SSSR count). The van der Waals surface area contributed by atoms with Crippen LogP contribution in [0.3, 0.4) is 0 Å². The Labute approximate surface area is 183 Å². The van der Waals surface area contributed by atoms with E-state index in [4.69, 9.17) is 11.6 Å². The second kappa shape index (κ2) is 9.92. The highest BCUT2D eigenvalue weighted by atomic mass is 35.5. The third kappa shape index (κ3) is 5.60. The smallest absolute Gasteiger partial charge is 0.243 e. The maximum absolute atomic E-state index is 12.8. The number of nitrogens with zero attached hydrogens (tertiary/aromatic N) is 2. The molecule has 0 aliphatic carbocycles. The second-order valence-corrected chi connectivity index (χ2v) is 10.2. The zero-order valence-corrected chi connectivity index (χ0v) is 18.9. The fraction of sp³-hybridized carbons (Fsp3) is 0.409. The Morgan fingerprint density at radius 3 is 2.30 bits per heavy atom. The summed E-state index contributed by atoms with van der Waals surface area (Å²) in [7, 11) is -3.58. The van der Waals surface area contributed by atoms with E-state index >= 15 is 0 Å². The summed E-state index contributed by atoms with van der Waals surface area (Å²) in [6.07, 6.45) is 0. The lowest BCUT2D eigenvalue weighted by Crippen LogP contribution is -2.51. The first-order valence-electron chi connectivity index (χ1n) is 10.1. The molecule has 2 aromatic carbocycles. The molecule has 1 saturated heterocycles. The third-order valence-electron chi connectivity index (χ3n) is 5.27. The molecule has 8 heteroatoms. The summed E-state index contributed by atoms with van der Waals surface area (Å²) in [4.78, 5) is 14.8. The summed E-state index contributed by atoms with van der Waals surface area (Å²) < 4.78 is 27.1. The summed E-state index contributed by atoms with van der Waals surface area (Å²) in [5.41, 5.74) is 1.08. The molecule has 2 aromatic rings. The third-order valence-corrected chi connectivity index (χ3v) is 7.40. The Morgan fingerprint density at radius 1 is 1.03 bits per heavy atom. The summed E-state index contributed by atoms with van der Waals surface area (Å²) in [6, 6.07) is 16.2. The van der Waals surface area contributed by atoms with Gasteiger partial charge in [0.2, 0.25) is 15.9 Å². The van der Waals surface area contributed by atoms with Crippen molar-refractivity contribution in [1.82, 2.24) is 14.5 Å². The molecule has 0 radical (unpaired) electrons. The van der Waals surface area contributed by atoms with Crippen LogP contribution in [0.25, 0.3) is 0 Å². The number of nitrogens with one attached hydrogen (secondary N) is 1. The number of halogens is 1. The summed E-state index contributed by atoms with van der Waals surface area (Å²) >= 11 is 5.94. The van der Waals surface area contributed by atoms with E-state index in [9.17, 15) is 13.2 Å². The first-order valence-corrected chi connectivity index (χ1v) is 11.9. The van der Waals surface area contributed by atoms with Crippen LogP contribution >= 0.6 is 11.6 Å². The molecular formula is C22H28ClN3O3S. The van der Waals surface area contributed by atoms with E-state index in [1.807, 2.05) is 35.2 Å². The van der Waals surface area contributed by atoms with Gasteiger partial charge in [0.25, 0.3) is 0 Å². The average Bonchev–Trinajstić information content (AvgIpc) is 2.73. The molecule has 1 unspecified atom stereocenters. The van der Waals surface area contributed by atoms with Crippen molar-refractivity contribution in [3.63, 3.8) is 0 Å². The van der Waals surface area contributed by atoms with Crippen molar-refractivity contribution in [2.75, 3.05) is 32.7 Å². The van der Waals surface area contributed by atoms with Crippen LogP contribution in [0.4, 0.5) is 0 Å². The van der Waals surface area contributed by atoms with Crippen LogP contribution < -0.4 is 5.32 Å². The van der Waals surface area contributed by atoms with Gasteiger partial charge in [0.05, 0.1) is 17.5 Å². The van der Waals surface area contributed by atoms with Crippen LogP contribution in [0.5, 0.6) is 0 Å². The number of benzene rings is 2. The summed E-state index contributed by atoms with van der Waals surface area (Å²) in [5.74, 6) is 0.208. The number of carbonyl (C=O) groups excluding carboxylic acids is 1. The Hall–Kier alpha value is -1.93. The first kappa shape index (κ1) is 22.7. The van der Waals surface area contributed by atoms with Crippen LogP contribution in [0, 0.1) is 5.92 Å². The molecule has 0 bridgehead atoms. The van der Waals surface area contributed by atoms with E-state index in [1.54, 1.807) is 18.2 Å². The molecule has 1 aliphatic rings. The molecule has 1 fully saturated rings. The van der Waals surface area contributed by atoms with E-state index in [1.165, 1.54) is 10.4 Å². The van der Waals surface area contributed by atoms with Crippen molar-refractivity contribution in [2.45, 2.75) is 24.8 Å². The van der Waals surface area contributed by atoms with Gasteiger partial charge in [0.15, 0.2) is 0 Å². The second-order valence-electron chi connectivity index (χ2n) is 7.84. The molecule has 0 aromatic heterocycles. The van der Waals surface area contributed by atoms with Crippen molar-refractivity contribution in [3.05, 3.63) is 65.2 Å². The van der Waals surface area contributed by atoms with Gasteiger partial charge >= 0.3 is 0 Å². The van der Waals surface area contributed by atoms with E-state index in [2.05, 4.69) is 19.2 Å². The SMILES string of the molecule is CC(C)C(NC(=O)CN1CCN(S(=O)(=O)c2cccc(Cl)c2)CC1)c1ccccc1. The summed E-state index contributed by atoms with van der Waals surface area (Å²) in [6.45, 7) is 6.11. The largest absolute Gasteiger partial charge is 0.348 e. The maximum Gasteiger partial charge on any atom is 0.243 e. The normalized spacial score (nSPS) is 17.1. The number of sulfonamides is 1. The van der Waals surface area contributed by atoms with Gasteiger partial charge in [-0.05, 0) is 29.7 Å². The number of hydrogen-bond donors (Lipinski definition) is 1. The van der Waals surface area contributed by atoms with Gasteiger partial charge in [-0.1, -0.05) is 61.8 Å². The lowest BCUT2D eigenvalue weighted by molar-refractivity contribution is -0.123. The molecule has 6 nitrogen and oxygen atoms in total. The highest BCUT2D eigenvalue weighted by molar-refractivity contribution is 7.89. The van der Waals surface area contributed by atoms with Crippen LogP contribution in [-0.2, 0) is 14.8 Å². The van der Waals surface area contributed by atoms with Gasteiger partial charge in [-0.15, -0.1) is 0 Å². The average molecular weight is 450 g/mol. The van der Waals surface area contributed by atoms with Gasteiger partial charge in [-0.3, -0.25) is 9.69 Å². The number of amides is 1. The lowest BCUT2D eigenvalue weighted by atomic mass is 9.96. The molecule has 1 amide bonds. The highest BCUT2D eigenvalue weighted by Crippen LogP contribution is 2.22. The van der Waals surface area contributed by atoms with Crippen LogP contribution in [0.15, 0.2) is 59.5 Å². The lowest BCUT2D eigenvalue weighted by Gasteiger charge is -2.34. The van der Waals surface area contributed by atoms with Crippen molar-refractivity contribution in [3.8, 4) is 0 Å². The molecule has 0 spiro atoms. The Kier molecular flexibility index (Phi) is 7.52. The summed E-state index contributed by atoms with van der Waals surface area (Å²) in [5, 5.41) is 3.52. The Balaban J connectivity index is 1.56. The van der Waals surface area contributed by atoms with Crippen LogP contribution in [-0.4, -0.2) is 56.3 Å². The molecule has 1 atom stereocenters. The van der Waals surface area contributed by atoms with Crippen molar-refractivity contribution >= 4 is 27.5 Å². The maximum atomic E-state index is 12.8. The fourth-order valence-corrected chi connectivity index (χ4v) is 5.35. The molecule has 162 valence electrons. The zero-order valence-electron chi connectivity index (χ0n) is 17.3. The van der Waals surface area contributed by atoms with Gasteiger partial charge in [0.1, 0.15) is 0 Å². The molecule has 1 aliphatic heterocycles. The number of rotatable bonds is 7. The number of hydrogen-bond acceptors (Lipinski definition) is 4. The topological polar surface area (TPSA) is 69.7 Å². The van der Waals surface area contributed by atoms with E-state index < -0.39 is 10.0 Å². The molecule has 1 N–H and O–H groups in total. The van der Waals surface area contributed by atoms with Gasteiger partial charge in [0, 0.05) is 31.2 Å². The minimum Gasteiger partial charge on any atom is -0.348 e. The van der Waals surface area contributed by atoms with Gasteiger partial charge < -0.3 is 5.32 Å². The van der Waals surface area contributed by atoms with E-state index in [0.717, 1.165) is 5.56 Å². The first-order chi connectivity index (χ1) is 14.3. The van der Waals surface area contributed by atoms with Crippen LogP contribution in [0.2, 0.25) is 5.02 Å². The van der Waals surface area contributed by atoms with Crippen molar-refractivity contribution < 1.29 is 13.2 Å². The minimum atomic E-state index is -3.58. The highest BCUT2D eigenvalue weighted by Gasteiger charge is 2.29. The zero-order chi connectivity index (χ0) is 21.7. The molecule has 1 heterocycles. The van der Waals surface area contributed by atoms with Gasteiger partial charge in [-0.25, -0.2) is 8.42 Å².